The Morgan fingerprint density at radius 2 is 1.69 bits per heavy atom. The number of aryl methyl sites for hydroxylation is 1. The fraction of sp³-hybridized carbons (Fsp3) is 0.282. The van der Waals surface area contributed by atoms with Crippen molar-refractivity contribution in [3.8, 4) is 23.0 Å². The summed E-state index contributed by atoms with van der Waals surface area (Å²) >= 11 is 0. The van der Waals surface area contributed by atoms with Gasteiger partial charge < -0.3 is 35.1 Å². The van der Waals surface area contributed by atoms with Gasteiger partial charge in [-0.1, -0.05) is 60.2 Å². The van der Waals surface area contributed by atoms with E-state index in [1.807, 2.05) is 49.4 Å². The number of benzene rings is 4. The monoisotopic (exact) mass is 696 g/mol. The molecule has 1 aliphatic heterocycles. The molecule has 4 aromatic rings. The number of nitrogens with zero attached hydrogens (tertiary/aromatic N) is 1. The van der Waals surface area contributed by atoms with Crippen molar-refractivity contribution in [1.82, 2.24) is 20.9 Å². The number of likely N-dealkylation sites (N-methyl/N-ethyl adjacent to an activating group) is 1. The molecule has 3 N–H and O–H groups in total. The lowest BCUT2D eigenvalue weighted by Gasteiger charge is -2.27. The van der Waals surface area contributed by atoms with Crippen LogP contribution in [0.15, 0.2) is 97.1 Å². The van der Waals surface area contributed by atoms with Crippen LogP contribution in [0.3, 0.4) is 0 Å². The molecule has 4 amide bonds. The Morgan fingerprint density at radius 1 is 0.961 bits per heavy atom. The molecule has 12 heteroatoms. The molecule has 5 rings (SSSR count). The molecule has 266 valence electrons. The topological polar surface area (TPSA) is 135 Å². The van der Waals surface area contributed by atoms with E-state index in [0.717, 1.165) is 11.1 Å². The zero-order valence-corrected chi connectivity index (χ0v) is 28.7. The van der Waals surface area contributed by atoms with E-state index in [1.54, 1.807) is 50.4 Å². The summed E-state index contributed by atoms with van der Waals surface area (Å²) in [5.74, 6) is -1.56. The van der Waals surface area contributed by atoms with E-state index >= 15 is 0 Å². The molecule has 0 saturated heterocycles. The Balaban J connectivity index is 1.32. The number of hydrogen-bond acceptors (Lipinski definition) is 7. The highest BCUT2D eigenvalue weighted by molar-refractivity contribution is 6.01. The number of nitrogens with one attached hydrogen (secondary N) is 3. The summed E-state index contributed by atoms with van der Waals surface area (Å²) in [7, 11) is 1.61. The van der Waals surface area contributed by atoms with Gasteiger partial charge in [0.2, 0.25) is 17.7 Å². The summed E-state index contributed by atoms with van der Waals surface area (Å²) in [6.07, 6.45) is -0.237. The molecule has 0 radical (unpaired) electrons. The molecule has 1 aliphatic rings. The predicted octanol–water partition coefficient (Wildman–Crippen LogP) is 4.58. The standard InChI is InChI=1S/C39H41FN4O7/c1-25-13-16-29(17-14-25)51-35-22-28(40)15-18-34(35)50-24-26(2)41-38(47)31-23-36(45)42-32(21-27-9-5-4-6-10-27)39(48)44(3)19-20-49-33-12-8-7-11-30(33)37(46)43-31/h4-18,22,26,31-32H,19-21,23-24H2,1-3H3,(H,41,47)(H,42,45)(H,43,46)/t26-,31+,32-/m1/s1. The van der Waals surface area contributed by atoms with Gasteiger partial charge in [-0.15, -0.1) is 0 Å². The van der Waals surface area contributed by atoms with Crippen molar-refractivity contribution in [2.24, 2.45) is 0 Å². The van der Waals surface area contributed by atoms with Gasteiger partial charge in [-0.3, -0.25) is 19.2 Å². The van der Waals surface area contributed by atoms with Crippen molar-refractivity contribution < 1.29 is 37.8 Å². The fourth-order valence-corrected chi connectivity index (χ4v) is 5.40. The van der Waals surface area contributed by atoms with Crippen LogP contribution in [-0.2, 0) is 20.8 Å². The molecule has 11 nitrogen and oxygen atoms in total. The zero-order valence-electron chi connectivity index (χ0n) is 28.7. The van der Waals surface area contributed by atoms with E-state index in [0.29, 0.717) is 5.75 Å². The van der Waals surface area contributed by atoms with Crippen molar-refractivity contribution in [2.75, 3.05) is 26.8 Å². The summed E-state index contributed by atoms with van der Waals surface area (Å²) in [5.41, 5.74) is 2.03. The summed E-state index contributed by atoms with van der Waals surface area (Å²) < 4.78 is 31.8. The van der Waals surface area contributed by atoms with Crippen LogP contribution in [0.5, 0.6) is 23.0 Å². The summed E-state index contributed by atoms with van der Waals surface area (Å²) in [4.78, 5) is 55.7. The first-order valence-corrected chi connectivity index (χ1v) is 16.6. The van der Waals surface area contributed by atoms with Gasteiger partial charge in [-0.2, -0.15) is 0 Å². The number of fused-ring (bicyclic) bond motifs is 1. The highest BCUT2D eigenvalue weighted by atomic mass is 19.1. The Hall–Kier alpha value is -5.91. The molecular weight excluding hydrogens is 655 g/mol. The first kappa shape index (κ1) is 36.4. The van der Waals surface area contributed by atoms with Gasteiger partial charge in [0, 0.05) is 19.5 Å². The maximum atomic E-state index is 14.1. The van der Waals surface area contributed by atoms with Crippen LogP contribution in [0.4, 0.5) is 4.39 Å². The van der Waals surface area contributed by atoms with Gasteiger partial charge in [0.05, 0.1) is 24.6 Å². The molecule has 4 aromatic carbocycles. The van der Waals surface area contributed by atoms with Crippen LogP contribution in [-0.4, -0.2) is 73.5 Å². The van der Waals surface area contributed by atoms with Crippen LogP contribution < -0.4 is 30.2 Å². The minimum absolute atomic E-state index is 0.0504. The van der Waals surface area contributed by atoms with Crippen molar-refractivity contribution >= 4 is 23.6 Å². The van der Waals surface area contributed by atoms with E-state index in [2.05, 4.69) is 16.0 Å². The van der Waals surface area contributed by atoms with E-state index in [4.69, 9.17) is 14.2 Å². The number of para-hydroxylation sites is 1. The number of halogens is 1. The normalized spacial score (nSPS) is 17.5. The molecule has 0 fully saturated rings. The molecule has 0 saturated carbocycles. The highest BCUT2D eigenvalue weighted by Gasteiger charge is 2.30. The summed E-state index contributed by atoms with van der Waals surface area (Å²) in [6, 6.07) is 24.0. The van der Waals surface area contributed by atoms with Gasteiger partial charge >= 0.3 is 0 Å². The van der Waals surface area contributed by atoms with E-state index in [1.165, 1.54) is 23.1 Å². The number of carbonyl (C=O) groups is 4. The Labute approximate surface area is 296 Å². The van der Waals surface area contributed by atoms with Crippen molar-refractivity contribution in [3.05, 3.63) is 120 Å². The largest absolute Gasteiger partial charge is 0.491 e. The third-order valence-corrected chi connectivity index (χ3v) is 8.15. The average molecular weight is 697 g/mol. The molecule has 0 unspecified atom stereocenters. The number of hydrogen-bond donors (Lipinski definition) is 3. The smallest absolute Gasteiger partial charge is 0.255 e. The minimum Gasteiger partial charge on any atom is -0.491 e. The lowest BCUT2D eigenvalue weighted by atomic mass is 10.0. The highest BCUT2D eigenvalue weighted by Crippen LogP contribution is 2.32. The van der Waals surface area contributed by atoms with Crippen molar-refractivity contribution in [2.45, 2.75) is 44.8 Å². The first-order chi connectivity index (χ1) is 24.5. The number of carbonyl (C=O) groups excluding carboxylic acids is 4. The maximum Gasteiger partial charge on any atom is 0.255 e. The second kappa shape index (κ2) is 17.1. The third kappa shape index (κ3) is 10.3. The second-order valence-electron chi connectivity index (χ2n) is 12.4. The van der Waals surface area contributed by atoms with Crippen molar-refractivity contribution in [1.29, 1.82) is 0 Å². The van der Waals surface area contributed by atoms with Crippen LogP contribution in [0.1, 0.15) is 34.8 Å². The second-order valence-corrected chi connectivity index (χ2v) is 12.4. The van der Waals surface area contributed by atoms with E-state index < -0.39 is 48.1 Å². The van der Waals surface area contributed by atoms with Gasteiger partial charge in [-0.25, -0.2) is 4.39 Å². The zero-order chi connectivity index (χ0) is 36.3. The van der Waals surface area contributed by atoms with Crippen LogP contribution in [0, 0.1) is 12.7 Å². The molecule has 51 heavy (non-hydrogen) atoms. The SMILES string of the molecule is Cc1ccc(Oc2cc(F)ccc2OC[C@@H](C)NC(=O)[C@@H]2CC(=O)N[C@H](Cc3ccccc3)C(=O)N(C)CCOc3ccccc3C(=O)N2)cc1. The lowest BCUT2D eigenvalue weighted by molar-refractivity contribution is -0.136. The molecule has 1 heterocycles. The Morgan fingerprint density at radius 3 is 2.45 bits per heavy atom. The lowest BCUT2D eigenvalue weighted by Crippen LogP contribution is -2.54. The molecular formula is C39H41FN4O7. The van der Waals surface area contributed by atoms with Crippen molar-refractivity contribution in [3.63, 3.8) is 0 Å². The quantitative estimate of drug-likeness (QED) is 0.233. The van der Waals surface area contributed by atoms with Gasteiger partial charge in [0.25, 0.3) is 5.91 Å². The molecule has 0 bridgehead atoms. The number of amides is 4. The maximum absolute atomic E-state index is 14.1. The van der Waals surface area contributed by atoms with Gasteiger partial charge in [0.1, 0.15) is 42.6 Å². The summed E-state index contributed by atoms with van der Waals surface area (Å²) in [5, 5.41) is 8.25. The first-order valence-electron chi connectivity index (χ1n) is 16.6. The average Bonchev–Trinajstić information content (AvgIpc) is 3.11. The van der Waals surface area contributed by atoms with Crippen LogP contribution >= 0.6 is 0 Å². The molecule has 0 spiro atoms. The molecule has 3 atom stereocenters. The van der Waals surface area contributed by atoms with Gasteiger partial charge in [0.15, 0.2) is 11.5 Å². The Kier molecular flexibility index (Phi) is 12.2. The molecule has 0 aromatic heterocycles. The van der Waals surface area contributed by atoms with Crippen LogP contribution in [0.2, 0.25) is 0 Å². The summed E-state index contributed by atoms with van der Waals surface area (Å²) in [6.45, 7) is 3.87. The predicted molar refractivity (Wildman–Crippen MR) is 188 cm³/mol. The third-order valence-electron chi connectivity index (χ3n) is 8.15. The number of ether oxygens (including phenoxy) is 3. The van der Waals surface area contributed by atoms with E-state index in [-0.39, 0.29) is 54.9 Å². The van der Waals surface area contributed by atoms with Crippen LogP contribution in [0.25, 0.3) is 0 Å². The minimum atomic E-state index is -1.33. The fourth-order valence-electron chi connectivity index (χ4n) is 5.40. The number of rotatable bonds is 9. The van der Waals surface area contributed by atoms with Gasteiger partial charge in [-0.05, 0) is 55.8 Å². The Bertz CT molecular complexity index is 1840. The van der Waals surface area contributed by atoms with E-state index in [9.17, 15) is 23.6 Å². The molecule has 0 aliphatic carbocycles.